The van der Waals surface area contributed by atoms with Gasteiger partial charge >= 0.3 is 0 Å². The van der Waals surface area contributed by atoms with Crippen molar-refractivity contribution in [2.45, 2.75) is 6.54 Å². The molecule has 2 heterocycles. The van der Waals surface area contributed by atoms with Crippen molar-refractivity contribution in [1.82, 2.24) is 10.3 Å². The largest absolute Gasteiger partial charge is 0.378 e. The number of hydrogen-bond acceptors (Lipinski definition) is 4. The van der Waals surface area contributed by atoms with Crippen molar-refractivity contribution in [2.24, 2.45) is 5.41 Å². The third kappa shape index (κ3) is 2.32. The molecule has 1 aliphatic rings. The molecule has 1 fully saturated rings. The second kappa shape index (κ2) is 4.39. The van der Waals surface area contributed by atoms with E-state index in [0.717, 1.165) is 12.1 Å². The molecular weight excluding hydrogens is 190 g/mol. The molecule has 0 atom stereocenters. The Balaban J connectivity index is 1.78. The minimum atomic E-state index is -0.303. The first kappa shape index (κ1) is 10.1. The molecule has 1 aromatic rings. The van der Waals surface area contributed by atoms with Gasteiger partial charge < -0.3 is 10.1 Å². The van der Waals surface area contributed by atoms with Crippen molar-refractivity contribution in [2.75, 3.05) is 19.8 Å². The summed E-state index contributed by atoms with van der Waals surface area (Å²) < 4.78 is 5.06. The zero-order valence-corrected chi connectivity index (χ0v) is 8.44. The van der Waals surface area contributed by atoms with Crippen LogP contribution in [-0.4, -0.2) is 24.7 Å². The van der Waals surface area contributed by atoms with Crippen molar-refractivity contribution >= 4 is 0 Å². The average molecular weight is 203 g/mol. The summed E-state index contributed by atoms with van der Waals surface area (Å²) in [6, 6.07) is 6.21. The SMILES string of the molecule is N#CC1(CNCc2cccnc2)COC1. The van der Waals surface area contributed by atoms with Gasteiger partial charge in [-0.05, 0) is 11.6 Å². The molecule has 4 nitrogen and oxygen atoms in total. The molecule has 1 aliphatic heterocycles. The zero-order valence-electron chi connectivity index (χ0n) is 8.44. The van der Waals surface area contributed by atoms with E-state index in [1.54, 1.807) is 6.20 Å². The molecule has 0 saturated carbocycles. The van der Waals surface area contributed by atoms with Gasteiger partial charge in [-0.15, -0.1) is 0 Å². The van der Waals surface area contributed by atoms with Crippen LogP contribution in [0.4, 0.5) is 0 Å². The lowest BCUT2D eigenvalue weighted by Crippen LogP contribution is -2.48. The molecule has 1 aromatic heterocycles. The monoisotopic (exact) mass is 203 g/mol. The van der Waals surface area contributed by atoms with Crippen molar-refractivity contribution in [1.29, 1.82) is 5.26 Å². The smallest absolute Gasteiger partial charge is 0.116 e. The second-order valence-electron chi connectivity index (χ2n) is 3.85. The summed E-state index contributed by atoms with van der Waals surface area (Å²) in [5.41, 5.74) is 0.827. The Bertz CT molecular complexity index is 354. The molecule has 1 saturated heterocycles. The van der Waals surface area contributed by atoms with Crippen LogP contribution in [-0.2, 0) is 11.3 Å². The van der Waals surface area contributed by atoms with Gasteiger partial charge in [0.2, 0.25) is 0 Å². The summed E-state index contributed by atoms with van der Waals surface area (Å²) in [7, 11) is 0. The minimum Gasteiger partial charge on any atom is -0.378 e. The third-order valence-corrected chi connectivity index (χ3v) is 2.51. The molecule has 1 N–H and O–H groups in total. The maximum atomic E-state index is 8.95. The van der Waals surface area contributed by atoms with Crippen LogP contribution in [0.1, 0.15) is 5.56 Å². The molecule has 0 radical (unpaired) electrons. The molecule has 0 aromatic carbocycles. The maximum Gasteiger partial charge on any atom is 0.116 e. The summed E-state index contributed by atoms with van der Waals surface area (Å²) in [6.45, 7) is 2.52. The highest BCUT2D eigenvalue weighted by atomic mass is 16.5. The Morgan fingerprint density at radius 3 is 3.00 bits per heavy atom. The number of nitrogens with one attached hydrogen (secondary N) is 1. The lowest BCUT2D eigenvalue weighted by atomic mass is 9.88. The lowest BCUT2D eigenvalue weighted by Gasteiger charge is -2.35. The van der Waals surface area contributed by atoms with Gasteiger partial charge in [0.15, 0.2) is 0 Å². The van der Waals surface area contributed by atoms with E-state index >= 15 is 0 Å². The number of aromatic nitrogens is 1. The fraction of sp³-hybridized carbons (Fsp3) is 0.455. The number of hydrogen-bond donors (Lipinski definition) is 1. The Hall–Kier alpha value is -1.44. The first-order valence-corrected chi connectivity index (χ1v) is 4.93. The Kier molecular flexibility index (Phi) is 2.95. The van der Waals surface area contributed by atoms with E-state index in [-0.39, 0.29) is 5.41 Å². The van der Waals surface area contributed by atoms with Crippen molar-refractivity contribution < 1.29 is 4.74 Å². The van der Waals surface area contributed by atoms with E-state index in [1.165, 1.54) is 0 Å². The van der Waals surface area contributed by atoms with Crippen molar-refractivity contribution in [3.8, 4) is 6.07 Å². The lowest BCUT2D eigenvalue weighted by molar-refractivity contribution is -0.0755. The fourth-order valence-electron chi connectivity index (χ4n) is 1.50. The van der Waals surface area contributed by atoms with Gasteiger partial charge in [0.1, 0.15) is 5.41 Å². The first-order valence-electron chi connectivity index (χ1n) is 4.93. The van der Waals surface area contributed by atoms with E-state index < -0.39 is 0 Å². The summed E-state index contributed by atoms with van der Waals surface area (Å²) in [6.07, 6.45) is 3.57. The Morgan fingerprint density at radius 2 is 2.47 bits per heavy atom. The van der Waals surface area contributed by atoms with Crippen LogP contribution < -0.4 is 5.32 Å². The highest BCUT2D eigenvalue weighted by molar-refractivity contribution is 5.09. The highest BCUT2D eigenvalue weighted by Gasteiger charge is 2.38. The minimum absolute atomic E-state index is 0.303. The second-order valence-corrected chi connectivity index (χ2v) is 3.85. The number of nitriles is 1. The van der Waals surface area contributed by atoms with Gasteiger partial charge in [-0.3, -0.25) is 4.98 Å². The van der Waals surface area contributed by atoms with Crippen molar-refractivity contribution in [3.05, 3.63) is 30.1 Å². The molecule has 78 valence electrons. The van der Waals surface area contributed by atoms with E-state index in [2.05, 4.69) is 16.4 Å². The summed E-state index contributed by atoms with van der Waals surface area (Å²) in [5, 5.41) is 12.2. The van der Waals surface area contributed by atoms with Crippen LogP contribution >= 0.6 is 0 Å². The molecular formula is C11H13N3O. The molecule has 2 rings (SSSR count). The third-order valence-electron chi connectivity index (χ3n) is 2.51. The average Bonchev–Trinajstić information content (AvgIpc) is 2.24. The van der Waals surface area contributed by atoms with Gasteiger partial charge in [-0.25, -0.2) is 0 Å². The molecule has 0 unspecified atom stereocenters. The van der Waals surface area contributed by atoms with Crippen LogP contribution in [0.2, 0.25) is 0 Å². The molecule has 0 aliphatic carbocycles. The number of nitrogens with zero attached hydrogens (tertiary/aromatic N) is 2. The molecule has 0 spiro atoms. The Labute approximate surface area is 88.9 Å². The normalized spacial score (nSPS) is 17.8. The van der Waals surface area contributed by atoms with Crippen LogP contribution in [0.3, 0.4) is 0 Å². The van der Waals surface area contributed by atoms with Crippen LogP contribution in [0, 0.1) is 16.7 Å². The van der Waals surface area contributed by atoms with E-state index in [1.807, 2.05) is 18.3 Å². The maximum absolute atomic E-state index is 8.95. The Morgan fingerprint density at radius 1 is 1.60 bits per heavy atom. The van der Waals surface area contributed by atoms with Gasteiger partial charge in [0.25, 0.3) is 0 Å². The van der Waals surface area contributed by atoms with Gasteiger partial charge in [-0.1, -0.05) is 6.07 Å². The van der Waals surface area contributed by atoms with Crippen LogP contribution in [0.5, 0.6) is 0 Å². The summed E-state index contributed by atoms with van der Waals surface area (Å²) in [4.78, 5) is 4.02. The fourth-order valence-corrected chi connectivity index (χ4v) is 1.50. The first-order chi connectivity index (χ1) is 7.35. The molecule has 0 bridgehead atoms. The van der Waals surface area contributed by atoms with Gasteiger partial charge in [0, 0.05) is 25.5 Å². The van der Waals surface area contributed by atoms with Crippen LogP contribution in [0.25, 0.3) is 0 Å². The number of rotatable bonds is 4. The summed E-state index contributed by atoms with van der Waals surface area (Å²) in [5.74, 6) is 0. The topological polar surface area (TPSA) is 57.9 Å². The number of ether oxygens (including phenoxy) is 1. The molecule has 4 heteroatoms. The predicted molar refractivity (Wildman–Crippen MR) is 54.8 cm³/mol. The molecule has 15 heavy (non-hydrogen) atoms. The van der Waals surface area contributed by atoms with E-state index in [0.29, 0.717) is 19.8 Å². The predicted octanol–water partition coefficient (Wildman–Crippen LogP) is 0.711. The number of pyridine rings is 1. The van der Waals surface area contributed by atoms with Crippen molar-refractivity contribution in [3.63, 3.8) is 0 Å². The van der Waals surface area contributed by atoms with Gasteiger partial charge in [-0.2, -0.15) is 5.26 Å². The summed E-state index contributed by atoms with van der Waals surface area (Å²) >= 11 is 0. The highest BCUT2D eigenvalue weighted by Crippen LogP contribution is 2.25. The quantitative estimate of drug-likeness (QED) is 0.783. The zero-order chi connectivity index (χ0) is 10.6. The van der Waals surface area contributed by atoms with E-state index in [9.17, 15) is 0 Å². The van der Waals surface area contributed by atoms with Crippen LogP contribution in [0.15, 0.2) is 24.5 Å². The van der Waals surface area contributed by atoms with E-state index in [4.69, 9.17) is 10.00 Å². The standard InChI is InChI=1S/C11H13N3O/c12-6-11(8-15-9-11)7-14-5-10-2-1-3-13-4-10/h1-4,14H,5,7-9H2. The van der Waals surface area contributed by atoms with Gasteiger partial charge in [0.05, 0.1) is 19.3 Å². The molecule has 0 amide bonds.